The zero-order valence-electron chi connectivity index (χ0n) is 56.3. The third-order valence-corrected chi connectivity index (χ3v) is 17.3. The molecule has 7 aromatic carbocycles. The SMILES string of the molecule is CC(=O)C(=O)c1c[nH]c2c(C=O)ccc(F)c12.CN1CCNCC1.Cn1nnc2ccccc2c1=O.Fc1ccc(Br)c2[nH]ccc12.O=Cc1ccc(F)c2c(C(=O)C(=O)N3CCN(C(=O)c4ccccc4)CC3)c[nH]c12.O=Cc1ccc(F)c2c(C(=O)C(=O)O)c[nH]c12.O=Cc1ccc(F)c2cc[nH]c12. The number of aliphatic carboxylic acids is 1. The maximum Gasteiger partial charge on any atom is 0.377 e. The lowest BCUT2D eigenvalue weighted by atomic mass is 10.0. The first-order chi connectivity index (χ1) is 50.9. The highest BCUT2D eigenvalue weighted by molar-refractivity contribution is 9.10. The maximum atomic E-state index is 14.3. The number of aryl methyl sites for hydroxylation is 1. The summed E-state index contributed by atoms with van der Waals surface area (Å²) in [6.45, 7) is 6.85. The molecule has 2 fully saturated rings. The fraction of sp³-hybridized carbons (Fsp3) is 0.147. The molecule has 0 unspecified atom stereocenters. The fourth-order valence-electron chi connectivity index (χ4n) is 11.1. The Bertz CT molecular complexity index is 5430. The number of aromatic amines is 5. The first kappa shape index (κ1) is 77.3. The predicted octanol–water partition coefficient (Wildman–Crippen LogP) is 10.6. The van der Waals surface area contributed by atoms with E-state index >= 15 is 0 Å². The van der Waals surface area contributed by atoms with Gasteiger partial charge in [0.2, 0.25) is 5.78 Å². The van der Waals surface area contributed by atoms with Crippen molar-refractivity contribution in [2.24, 2.45) is 7.05 Å². The number of hydrogen-bond donors (Lipinski definition) is 7. The van der Waals surface area contributed by atoms with Gasteiger partial charge in [-0.15, -0.1) is 5.10 Å². The molecule has 0 spiro atoms. The van der Waals surface area contributed by atoms with E-state index in [2.05, 4.69) is 68.4 Å². The standard InChI is InChI=1S/C22H18FN3O4.C12H8FNO3.C11H6FNO4.C9H6FNO.C8H5BrFN.C8H7N3O.C5H12N2/c23-17-7-6-15(13-27)19-18(17)16(12-24-19)20(28)22(30)26-10-8-25(9-11-26)21(29)14-4-2-1-3-5-14;1-6(16)12(17)8-4-14-11-7(5-15)2-3-9(13)10(8)11;12-7-2-1-5(4-14)9-8(7)6(3-13-9)10(15)11(16)17;10-8-2-1-6(5-12)9-7(8)3-4-11-9;9-6-1-2-7(10)5-3-4-11-8(5)6;1-11-8(12)6-4-2-3-5-7(6)9-10-11;1-7-4-2-6-3-5-7/h1-7,12-13,24H,8-11H2;2-5,14H,1H3;1-4,13H,(H,16,17);1-5,11H;1-4,11H;2-5H,1H3;6H,2-5H2,1H3. The van der Waals surface area contributed by atoms with Crippen LogP contribution in [-0.4, -0.2) is 185 Å². The van der Waals surface area contributed by atoms with Gasteiger partial charge in [0.05, 0.1) is 49.7 Å². The summed E-state index contributed by atoms with van der Waals surface area (Å²) in [7, 11) is 3.74. The Morgan fingerprint density at radius 3 is 1.36 bits per heavy atom. The van der Waals surface area contributed by atoms with Gasteiger partial charge in [0.15, 0.2) is 30.9 Å². The molecule has 2 aliphatic heterocycles. The van der Waals surface area contributed by atoms with Crippen molar-refractivity contribution in [3.8, 4) is 0 Å². The molecule has 0 aliphatic carbocycles. The second-order valence-electron chi connectivity index (χ2n) is 23.3. The van der Waals surface area contributed by atoms with Gasteiger partial charge in [-0.05, 0) is 120 Å². The Kier molecular flexibility index (Phi) is 25.8. The molecule has 15 rings (SSSR count). The van der Waals surface area contributed by atoms with Gasteiger partial charge in [0, 0.05) is 157 Å². The Labute approximate surface area is 604 Å². The van der Waals surface area contributed by atoms with Crippen LogP contribution >= 0.6 is 15.9 Å². The monoisotopic (exact) mass is 1510 g/mol. The topological polar surface area (TPSA) is 356 Å². The number of carbonyl (C=O) groups excluding carboxylic acids is 10. The normalized spacial score (nSPS) is 12.5. The quantitative estimate of drug-likeness (QED) is 0.0274. The summed E-state index contributed by atoms with van der Waals surface area (Å²) >= 11 is 3.31. The number of nitrogens with one attached hydrogen (secondary N) is 6. The molecule has 0 bridgehead atoms. The van der Waals surface area contributed by atoms with Crippen molar-refractivity contribution in [2.75, 3.05) is 59.4 Å². The molecule has 2 saturated heterocycles. The van der Waals surface area contributed by atoms with Crippen molar-refractivity contribution in [1.82, 2.24) is 59.9 Å². The number of nitrogens with zero attached hydrogens (tertiary/aromatic N) is 6. The van der Waals surface area contributed by atoms with Crippen molar-refractivity contribution >= 4 is 147 Å². The number of Topliss-reactive ketones (excluding diaryl/α,β-unsaturated/α-hetero) is 4. The predicted molar refractivity (Wildman–Crippen MR) is 386 cm³/mol. The number of piperazine rings is 2. The van der Waals surface area contributed by atoms with Gasteiger partial charge in [-0.3, -0.25) is 52.7 Å². The number of rotatable bonds is 11. The van der Waals surface area contributed by atoms with Crippen molar-refractivity contribution in [3.05, 3.63) is 247 Å². The van der Waals surface area contributed by atoms with E-state index in [9.17, 15) is 79.5 Å². The van der Waals surface area contributed by atoms with Crippen molar-refractivity contribution in [1.29, 1.82) is 0 Å². The Balaban J connectivity index is 0.000000150. The minimum absolute atomic E-state index is 0.0187. The molecule has 8 heterocycles. The van der Waals surface area contributed by atoms with Gasteiger partial charge >= 0.3 is 5.97 Å². The molecule has 0 atom stereocenters. The van der Waals surface area contributed by atoms with E-state index in [0.29, 0.717) is 76.6 Å². The zero-order valence-corrected chi connectivity index (χ0v) is 57.9. The highest BCUT2D eigenvalue weighted by atomic mass is 79.9. The largest absolute Gasteiger partial charge is 0.475 e. The highest BCUT2D eigenvalue weighted by Gasteiger charge is 2.32. The van der Waals surface area contributed by atoms with E-state index in [4.69, 9.17) is 5.11 Å². The van der Waals surface area contributed by atoms with E-state index < -0.39 is 52.5 Å². The van der Waals surface area contributed by atoms with Crippen molar-refractivity contribution < 1.29 is 79.8 Å². The van der Waals surface area contributed by atoms with E-state index in [-0.39, 0.29) is 102 Å². The first-order valence-electron chi connectivity index (χ1n) is 32.0. The number of carboxylic acids is 1. The molecule has 2 aliphatic rings. The summed E-state index contributed by atoms with van der Waals surface area (Å²) in [6, 6.07) is 32.3. The number of fused-ring (bicyclic) bond motifs is 6. The van der Waals surface area contributed by atoms with Crippen molar-refractivity contribution in [2.45, 2.75) is 6.92 Å². The molecule has 31 heteroatoms. The Morgan fingerprint density at radius 1 is 0.472 bits per heavy atom. The van der Waals surface area contributed by atoms with Gasteiger partial charge in [-0.2, -0.15) is 0 Å². The Hall–Kier alpha value is -12.9. The van der Waals surface area contributed by atoms with Gasteiger partial charge in [-0.25, -0.2) is 31.4 Å². The van der Waals surface area contributed by atoms with Crippen LogP contribution in [0, 0.1) is 29.1 Å². The van der Waals surface area contributed by atoms with Crippen LogP contribution in [0.25, 0.3) is 65.4 Å². The third kappa shape index (κ3) is 17.6. The molecule has 6 aromatic heterocycles. The lowest BCUT2D eigenvalue weighted by molar-refractivity contribution is -0.132. The summed E-state index contributed by atoms with van der Waals surface area (Å²) in [5.41, 5.74) is 3.61. The second-order valence-corrected chi connectivity index (χ2v) is 24.2. The number of benzene rings is 7. The van der Waals surface area contributed by atoms with E-state index in [0.717, 1.165) is 54.4 Å². The second kappa shape index (κ2) is 35.3. The van der Waals surface area contributed by atoms with Crippen LogP contribution in [0.1, 0.15) is 89.8 Å². The van der Waals surface area contributed by atoms with Gasteiger partial charge in [0.25, 0.3) is 28.9 Å². The number of amides is 2. The summed E-state index contributed by atoms with van der Waals surface area (Å²) in [6.07, 6.45) is 9.21. The lowest BCUT2D eigenvalue weighted by Crippen LogP contribution is -2.52. The third-order valence-electron chi connectivity index (χ3n) is 16.7. The van der Waals surface area contributed by atoms with Crippen LogP contribution < -0.4 is 10.9 Å². The fourth-order valence-corrected chi connectivity index (χ4v) is 11.6. The number of hydrogen-bond acceptors (Lipinski definition) is 16. The summed E-state index contributed by atoms with van der Waals surface area (Å²) in [5.74, 6) is -8.70. The molecule has 0 saturated carbocycles. The van der Waals surface area contributed by atoms with E-state index in [1.165, 1.54) is 71.5 Å². The lowest BCUT2D eigenvalue weighted by Gasteiger charge is -2.34. The van der Waals surface area contributed by atoms with E-state index in [1.807, 2.05) is 18.2 Å². The maximum absolute atomic E-state index is 14.3. The molecule has 13 aromatic rings. The number of carboxylic acid groups (broad SMARTS) is 1. The number of aldehydes is 4. The smallest absolute Gasteiger partial charge is 0.377 e. The van der Waals surface area contributed by atoms with Crippen molar-refractivity contribution in [3.63, 3.8) is 0 Å². The molecular weight excluding hydrogens is 1450 g/mol. The van der Waals surface area contributed by atoms with Crippen LogP contribution in [0.5, 0.6) is 0 Å². The van der Waals surface area contributed by atoms with Crippen LogP contribution in [0.3, 0.4) is 0 Å². The average Bonchev–Trinajstić information content (AvgIpc) is 1.62. The number of H-pyrrole nitrogens is 5. The first-order valence-corrected chi connectivity index (χ1v) is 32.8. The number of likely N-dealkylation sites (N-methyl/N-ethyl adjacent to an activating group) is 1. The minimum atomic E-state index is -1.68. The van der Waals surface area contributed by atoms with Crippen LogP contribution in [-0.2, 0) is 21.4 Å². The molecule has 2 amide bonds. The zero-order chi connectivity index (χ0) is 76.5. The Morgan fingerprint density at radius 2 is 0.896 bits per heavy atom. The minimum Gasteiger partial charge on any atom is -0.475 e. The summed E-state index contributed by atoms with van der Waals surface area (Å²) in [4.78, 5) is 156. The molecule has 7 N–H and O–H groups in total. The average molecular weight is 1510 g/mol. The number of ketones is 4. The molecule has 106 heavy (non-hydrogen) atoms. The van der Waals surface area contributed by atoms with Gasteiger partial charge < -0.3 is 50.0 Å². The summed E-state index contributed by atoms with van der Waals surface area (Å²) in [5, 5.41) is 20.8. The van der Waals surface area contributed by atoms with Crippen LogP contribution in [0.2, 0.25) is 0 Å². The molecule has 0 radical (unpaired) electrons. The molecule has 25 nitrogen and oxygen atoms in total. The number of halogens is 6. The molecule has 542 valence electrons. The number of aromatic nitrogens is 8. The van der Waals surface area contributed by atoms with Gasteiger partial charge in [0.1, 0.15) is 34.6 Å². The summed E-state index contributed by atoms with van der Waals surface area (Å²) < 4.78 is 69.5. The van der Waals surface area contributed by atoms with E-state index in [1.54, 1.807) is 78.9 Å². The van der Waals surface area contributed by atoms with Crippen LogP contribution in [0.15, 0.2) is 168 Å². The highest BCUT2D eigenvalue weighted by Crippen LogP contribution is 2.29. The number of carbonyl (C=O) groups is 11. The van der Waals surface area contributed by atoms with Crippen LogP contribution in [0.4, 0.5) is 22.0 Å². The van der Waals surface area contributed by atoms with Gasteiger partial charge in [-0.1, -0.05) is 35.5 Å². The molecular formula is C75H62BrF5N12O13.